The fraction of sp³-hybridized carbons (Fsp3) is 0.417. The van der Waals surface area contributed by atoms with Crippen LogP contribution in [0.2, 0.25) is 0 Å². The van der Waals surface area contributed by atoms with Crippen LogP contribution in [-0.2, 0) is 9.53 Å². The zero-order chi connectivity index (χ0) is 14.5. The van der Waals surface area contributed by atoms with Gasteiger partial charge in [0.15, 0.2) is 5.75 Å². The standard InChI is InChI=1S/C12H16N2O5/c1-3-18-11(15)12(2,13)8-19-10-7-5-4-6-9(10)14(16)17/h4-7H,3,8,13H2,1-2H3. The van der Waals surface area contributed by atoms with Crippen LogP contribution in [0.4, 0.5) is 5.69 Å². The number of carbonyl (C=O) groups excluding carboxylic acids is 1. The van der Waals surface area contributed by atoms with Gasteiger partial charge in [-0.15, -0.1) is 0 Å². The lowest BCUT2D eigenvalue weighted by Gasteiger charge is -2.22. The molecule has 1 unspecified atom stereocenters. The molecule has 19 heavy (non-hydrogen) atoms. The Labute approximate surface area is 110 Å². The molecule has 0 amide bonds. The molecule has 0 bridgehead atoms. The van der Waals surface area contributed by atoms with Gasteiger partial charge >= 0.3 is 11.7 Å². The summed E-state index contributed by atoms with van der Waals surface area (Å²) >= 11 is 0. The highest BCUT2D eigenvalue weighted by Crippen LogP contribution is 2.26. The van der Waals surface area contributed by atoms with Gasteiger partial charge in [-0.25, -0.2) is 4.79 Å². The summed E-state index contributed by atoms with van der Waals surface area (Å²) in [5, 5.41) is 10.8. The first kappa shape index (κ1) is 14.9. The molecular weight excluding hydrogens is 252 g/mol. The van der Waals surface area contributed by atoms with Crippen molar-refractivity contribution >= 4 is 11.7 Å². The zero-order valence-electron chi connectivity index (χ0n) is 10.8. The minimum absolute atomic E-state index is 0.0634. The van der Waals surface area contributed by atoms with Crippen molar-refractivity contribution in [2.24, 2.45) is 5.73 Å². The molecule has 7 nitrogen and oxygen atoms in total. The number of hydrogen-bond donors (Lipinski definition) is 1. The summed E-state index contributed by atoms with van der Waals surface area (Å²) in [5.74, 6) is -0.554. The summed E-state index contributed by atoms with van der Waals surface area (Å²) in [6.07, 6.45) is 0. The Bertz CT molecular complexity index is 473. The summed E-state index contributed by atoms with van der Waals surface area (Å²) in [6, 6.07) is 5.88. The van der Waals surface area contributed by atoms with Crippen molar-refractivity contribution in [3.8, 4) is 5.75 Å². The van der Waals surface area contributed by atoms with Gasteiger partial charge in [0.1, 0.15) is 12.1 Å². The highest BCUT2D eigenvalue weighted by Gasteiger charge is 2.31. The number of benzene rings is 1. The highest BCUT2D eigenvalue weighted by atomic mass is 16.6. The number of nitro benzene ring substituents is 1. The molecule has 0 aliphatic rings. The highest BCUT2D eigenvalue weighted by molar-refractivity contribution is 5.80. The SMILES string of the molecule is CCOC(=O)C(C)(N)COc1ccccc1[N+](=O)[O-]. The topological polar surface area (TPSA) is 105 Å². The second-order valence-electron chi connectivity index (χ2n) is 4.15. The molecule has 0 aliphatic carbocycles. The van der Waals surface area contributed by atoms with Crippen LogP contribution in [0.5, 0.6) is 5.75 Å². The maximum atomic E-state index is 11.5. The Morgan fingerprint density at radius 2 is 2.11 bits per heavy atom. The zero-order valence-corrected chi connectivity index (χ0v) is 10.8. The Kier molecular flexibility index (Phi) is 4.82. The molecule has 0 heterocycles. The Balaban J connectivity index is 2.77. The summed E-state index contributed by atoms with van der Waals surface area (Å²) in [6.45, 7) is 3.10. The minimum Gasteiger partial charge on any atom is -0.484 e. The number of hydrogen-bond acceptors (Lipinski definition) is 6. The third-order valence-corrected chi connectivity index (χ3v) is 2.33. The van der Waals surface area contributed by atoms with Crippen molar-refractivity contribution in [1.82, 2.24) is 0 Å². The van der Waals surface area contributed by atoms with E-state index in [9.17, 15) is 14.9 Å². The van der Waals surface area contributed by atoms with Gasteiger partial charge in [0.05, 0.1) is 11.5 Å². The fourth-order valence-electron chi connectivity index (χ4n) is 1.31. The Hall–Kier alpha value is -2.15. The van der Waals surface area contributed by atoms with Crippen molar-refractivity contribution in [3.05, 3.63) is 34.4 Å². The van der Waals surface area contributed by atoms with Crippen molar-refractivity contribution in [2.45, 2.75) is 19.4 Å². The summed E-state index contributed by atoms with van der Waals surface area (Å²) in [7, 11) is 0. The van der Waals surface area contributed by atoms with Crippen molar-refractivity contribution in [3.63, 3.8) is 0 Å². The quantitative estimate of drug-likeness (QED) is 0.473. The molecule has 0 fully saturated rings. The largest absolute Gasteiger partial charge is 0.484 e. The Morgan fingerprint density at radius 3 is 2.68 bits per heavy atom. The predicted molar refractivity (Wildman–Crippen MR) is 67.8 cm³/mol. The molecule has 1 atom stereocenters. The van der Waals surface area contributed by atoms with Gasteiger partial charge in [0, 0.05) is 6.07 Å². The van der Waals surface area contributed by atoms with E-state index in [0.29, 0.717) is 0 Å². The van der Waals surface area contributed by atoms with E-state index in [1.807, 2.05) is 0 Å². The first-order valence-electron chi connectivity index (χ1n) is 5.71. The van der Waals surface area contributed by atoms with Crippen LogP contribution >= 0.6 is 0 Å². The summed E-state index contributed by atoms with van der Waals surface area (Å²) < 4.78 is 10.1. The maximum Gasteiger partial charge on any atom is 0.329 e. The van der Waals surface area contributed by atoms with E-state index < -0.39 is 16.4 Å². The van der Waals surface area contributed by atoms with Crippen molar-refractivity contribution in [2.75, 3.05) is 13.2 Å². The monoisotopic (exact) mass is 268 g/mol. The molecule has 0 aromatic heterocycles. The number of nitrogens with two attached hydrogens (primary N) is 1. The van der Waals surface area contributed by atoms with Gasteiger partial charge in [-0.1, -0.05) is 12.1 Å². The molecule has 1 aromatic rings. The molecular formula is C12H16N2O5. The van der Waals surface area contributed by atoms with Crippen LogP contribution in [-0.4, -0.2) is 29.6 Å². The van der Waals surface area contributed by atoms with E-state index in [1.54, 1.807) is 13.0 Å². The van der Waals surface area contributed by atoms with E-state index >= 15 is 0 Å². The second-order valence-corrected chi connectivity index (χ2v) is 4.15. The first-order chi connectivity index (χ1) is 8.88. The van der Waals surface area contributed by atoms with Gasteiger partial charge in [0.25, 0.3) is 0 Å². The lowest BCUT2D eigenvalue weighted by Crippen LogP contribution is -2.51. The van der Waals surface area contributed by atoms with Crippen LogP contribution in [0.3, 0.4) is 0 Å². The van der Waals surface area contributed by atoms with Crippen LogP contribution in [0.25, 0.3) is 0 Å². The van der Waals surface area contributed by atoms with Gasteiger partial charge < -0.3 is 15.2 Å². The number of rotatable bonds is 6. The van der Waals surface area contributed by atoms with Gasteiger partial charge in [-0.3, -0.25) is 10.1 Å². The molecule has 1 aromatic carbocycles. The molecule has 2 N–H and O–H groups in total. The molecule has 0 saturated carbocycles. The Morgan fingerprint density at radius 1 is 1.47 bits per heavy atom. The van der Waals surface area contributed by atoms with Crippen LogP contribution in [0.1, 0.15) is 13.8 Å². The molecule has 1 rings (SSSR count). The first-order valence-corrected chi connectivity index (χ1v) is 5.71. The van der Waals surface area contributed by atoms with E-state index in [0.717, 1.165) is 0 Å². The predicted octanol–water partition coefficient (Wildman–Crippen LogP) is 1.25. The normalized spacial score (nSPS) is 13.4. The molecule has 0 aliphatic heterocycles. The molecule has 7 heteroatoms. The third-order valence-electron chi connectivity index (χ3n) is 2.33. The second kappa shape index (κ2) is 6.14. The van der Waals surface area contributed by atoms with Gasteiger partial charge in [-0.05, 0) is 19.9 Å². The fourth-order valence-corrected chi connectivity index (χ4v) is 1.31. The number of ether oxygens (including phenoxy) is 2. The number of nitrogens with zero attached hydrogens (tertiary/aromatic N) is 1. The smallest absolute Gasteiger partial charge is 0.329 e. The number of para-hydroxylation sites is 2. The van der Waals surface area contributed by atoms with E-state index in [4.69, 9.17) is 15.2 Å². The lowest BCUT2D eigenvalue weighted by molar-refractivity contribution is -0.385. The third kappa shape index (κ3) is 3.92. The molecule has 0 radical (unpaired) electrons. The van der Waals surface area contributed by atoms with Gasteiger partial charge in [-0.2, -0.15) is 0 Å². The molecule has 0 saturated heterocycles. The lowest BCUT2D eigenvalue weighted by atomic mass is 10.1. The number of esters is 1. The van der Waals surface area contributed by atoms with E-state index in [-0.39, 0.29) is 24.7 Å². The summed E-state index contributed by atoms with van der Waals surface area (Å²) in [4.78, 5) is 21.8. The van der Waals surface area contributed by atoms with Crippen molar-refractivity contribution in [1.29, 1.82) is 0 Å². The van der Waals surface area contributed by atoms with Crippen LogP contribution < -0.4 is 10.5 Å². The molecule has 104 valence electrons. The van der Waals surface area contributed by atoms with E-state index in [2.05, 4.69) is 0 Å². The van der Waals surface area contributed by atoms with E-state index in [1.165, 1.54) is 25.1 Å². The van der Waals surface area contributed by atoms with Crippen LogP contribution in [0.15, 0.2) is 24.3 Å². The van der Waals surface area contributed by atoms with Crippen molar-refractivity contribution < 1.29 is 19.2 Å². The number of carbonyl (C=O) groups is 1. The molecule has 0 spiro atoms. The average Bonchev–Trinajstić information content (AvgIpc) is 2.37. The van der Waals surface area contributed by atoms with Gasteiger partial charge in [0.2, 0.25) is 0 Å². The minimum atomic E-state index is -1.36. The number of nitro groups is 1. The average molecular weight is 268 g/mol. The summed E-state index contributed by atoms with van der Waals surface area (Å²) in [5.41, 5.74) is 4.21. The van der Waals surface area contributed by atoms with Crippen LogP contribution in [0, 0.1) is 10.1 Å². The maximum absolute atomic E-state index is 11.5.